The van der Waals surface area contributed by atoms with E-state index in [1.165, 1.54) is 5.56 Å². The first-order chi connectivity index (χ1) is 16.5. The number of rotatable bonds is 7. The highest BCUT2D eigenvalue weighted by atomic mass is 16.2. The standard InChI is InChI=1S/C29H33N3O2/c1-3-27(24-10-5-4-6-11-24)29(34)30-25-12-14-26(15-13-25)31-16-18-32(19-17-31)28(33)21-23-9-7-8-22(2)20-23/h4-15,20,27H,3,16-19,21H2,1-2H3,(H,30,34). The Kier molecular flexibility index (Phi) is 7.63. The molecular formula is C29H33N3O2. The Bertz CT molecular complexity index is 1100. The molecule has 1 fully saturated rings. The third kappa shape index (κ3) is 5.84. The van der Waals surface area contributed by atoms with Crippen LogP contribution in [0.1, 0.15) is 36.0 Å². The largest absolute Gasteiger partial charge is 0.368 e. The van der Waals surface area contributed by atoms with E-state index in [1.54, 1.807) is 0 Å². The van der Waals surface area contributed by atoms with Crippen LogP contribution in [0, 0.1) is 6.92 Å². The van der Waals surface area contributed by atoms with Crippen molar-refractivity contribution in [2.75, 3.05) is 36.4 Å². The van der Waals surface area contributed by atoms with Crippen LogP contribution in [-0.2, 0) is 16.0 Å². The van der Waals surface area contributed by atoms with Crippen LogP contribution in [0.2, 0.25) is 0 Å². The Balaban J connectivity index is 1.30. The molecule has 1 atom stereocenters. The number of aryl methyl sites for hydroxylation is 1. The van der Waals surface area contributed by atoms with Crippen molar-refractivity contribution in [1.82, 2.24) is 4.90 Å². The van der Waals surface area contributed by atoms with E-state index in [2.05, 4.69) is 29.3 Å². The van der Waals surface area contributed by atoms with Crippen molar-refractivity contribution < 1.29 is 9.59 Å². The normalized spacial score (nSPS) is 14.5. The molecule has 1 aliphatic heterocycles. The first-order valence-corrected chi connectivity index (χ1v) is 12.1. The molecule has 1 aliphatic rings. The van der Waals surface area contributed by atoms with Crippen LogP contribution < -0.4 is 10.2 Å². The lowest BCUT2D eigenvalue weighted by atomic mass is 9.95. The molecule has 1 N–H and O–H groups in total. The van der Waals surface area contributed by atoms with Gasteiger partial charge in [-0.15, -0.1) is 0 Å². The van der Waals surface area contributed by atoms with Crippen molar-refractivity contribution in [1.29, 1.82) is 0 Å². The Morgan fingerprint density at radius 2 is 1.59 bits per heavy atom. The second-order valence-corrected chi connectivity index (χ2v) is 8.94. The van der Waals surface area contributed by atoms with Crippen molar-refractivity contribution in [3.05, 3.63) is 95.6 Å². The summed E-state index contributed by atoms with van der Waals surface area (Å²) in [7, 11) is 0. The Morgan fingerprint density at radius 3 is 2.24 bits per heavy atom. The zero-order valence-electron chi connectivity index (χ0n) is 20.0. The van der Waals surface area contributed by atoms with Gasteiger partial charge < -0.3 is 15.1 Å². The second-order valence-electron chi connectivity index (χ2n) is 8.94. The van der Waals surface area contributed by atoms with Crippen molar-refractivity contribution in [2.24, 2.45) is 0 Å². The van der Waals surface area contributed by atoms with Gasteiger partial charge in [-0.25, -0.2) is 0 Å². The molecule has 1 saturated heterocycles. The van der Waals surface area contributed by atoms with E-state index in [-0.39, 0.29) is 17.7 Å². The molecule has 0 spiro atoms. The molecule has 5 nitrogen and oxygen atoms in total. The van der Waals surface area contributed by atoms with E-state index in [0.717, 1.165) is 55.1 Å². The smallest absolute Gasteiger partial charge is 0.231 e. The number of hydrogen-bond acceptors (Lipinski definition) is 3. The van der Waals surface area contributed by atoms with Crippen LogP contribution in [0.3, 0.4) is 0 Å². The van der Waals surface area contributed by atoms with Crippen LogP contribution in [0.15, 0.2) is 78.9 Å². The van der Waals surface area contributed by atoms with Gasteiger partial charge in [0.25, 0.3) is 0 Å². The highest BCUT2D eigenvalue weighted by molar-refractivity contribution is 5.96. The quantitative estimate of drug-likeness (QED) is 0.544. The molecule has 3 aromatic rings. The van der Waals surface area contributed by atoms with Gasteiger partial charge in [0.2, 0.25) is 11.8 Å². The minimum absolute atomic E-state index is 0.0159. The summed E-state index contributed by atoms with van der Waals surface area (Å²) in [5, 5.41) is 3.06. The minimum atomic E-state index is -0.161. The molecule has 0 radical (unpaired) electrons. The Morgan fingerprint density at radius 1 is 0.882 bits per heavy atom. The van der Waals surface area contributed by atoms with E-state index in [4.69, 9.17) is 0 Å². The van der Waals surface area contributed by atoms with Crippen molar-refractivity contribution in [3.8, 4) is 0 Å². The maximum absolute atomic E-state index is 12.8. The van der Waals surface area contributed by atoms with E-state index in [9.17, 15) is 9.59 Å². The molecule has 1 unspecified atom stereocenters. The molecule has 176 valence electrons. The van der Waals surface area contributed by atoms with Gasteiger partial charge in [-0.2, -0.15) is 0 Å². The zero-order valence-corrected chi connectivity index (χ0v) is 20.0. The molecule has 2 amide bonds. The van der Waals surface area contributed by atoms with Gasteiger partial charge in [0.05, 0.1) is 12.3 Å². The zero-order chi connectivity index (χ0) is 23.9. The van der Waals surface area contributed by atoms with E-state index in [1.807, 2.05) is 78.6 Å². The fourth-order valence-corrected chi connectivity index (χ4v) is 4.57. The van der Waals surface area contributed by atoms with Gasteiger partial charge in [-0.1, -0.05) is 67.1 Å². The van der Waals surface area contributed by atoms with Gasteiger partial charge in [-0.05, 0) is 48.7 Å². The number of anilines is 2. The van der Waals surface area contributed by atoms with E-state index in [0.29, 0.717) is 6.42 Å². The molecule has 1 heterocycles. The summed E-state index contributed by atoms with van der Waals surface area (Å²) in [5.74, 6) is 0.0423. The van der Waals surface area contributed by atoms with Gasteiger partial charge in [0.15, 0.2) is 0 Å². The molecule has 0 aliphatic carbocycles. The summed E-state index contributed by atoms with van der Waals surface area (Å²) < 4.78 is 0. The lowest BCUT2D eigenvalue weighted by Gasteiger charge is -2.36. The number of amides is 2. The number of hydrogen-bond donors (Lipinski definition) is 1. The average molecular weight is 456 g/mol. The number of piperazine rings is 1. The van der Waals surface area contributed by atoms with Crippen molar-refractivity contribution in [2.45, 2.75) is 32.6 Å². The molecule has 3 aromatic carbocycles. The minimum Gasteiger partial charge on any atom is -0.368 e. The first kappa shape index (κ1) is 23.6. The summed E-state index contributed by atoms with van der Waals surface area (Å²) in [6.07, 6.45) is 1.21. The van der Waals surface area contributed by atoms with Gasteiger partial charge in [-0.3, -0.25) is 9.59 Å². The molecule has 0 saturated carbocycles. The lowest BCUT2D eigenvalue weighted by Crippen LogP contribution is -2.49. The summed E-state index contributed by atoms with van der Waals surface area (Å²) in [5.41, 5.74) is 5.20. The Hall–Kier alpha value is -3.60. The maximum Gasteiger partial charge on any atom is 0.231 e. The number of nitrogens with zero attached hydrogens (tertiary/aromatic N) is 2. The molecular weight excluding hydrogens is 422 g/mol. The summed E-state index contributed by atoms with van der Waals surface area (Å²) in [6.45, 7) is 7.13. The number of nitrogens with one attached hydrogen (secondary N) is 1. The lowest BCUT2D eigenvalue weighted by molar-refractivity contribution is -0.130. The van der Waals surface area contributed by atoms with Crippen LogP contribution in [0.25, 0.3) is 0 Å². The fourth-order valence-electron chi connectivity index (χ4n) is 4.57. The van der Waals surface area contributed by atoms with Gasteiger partial charge >= 0.3 is 0 Å². The average Bonchev–Trinajstić information content (AvgIpc) is 2.86. The predicted molar refractivity (Wildman–Crippen MR) is 138 cm³/mol. The van der Waals surface area contributed by atoms with Gasteiger partial charge in [0.1, 0.15) is 0 Å². The van der Waals surface area contributed by atoms with E-state index >= 15 is 0 Å². The van der Waals surface area contributed by atoms with Crippen LogP contribution in [-0.4, -0.2) is 42.9 Å². The first-order valence-electron chi connectivity index (χ1n) is 12.1. The van der Waals surface area contributed by atoms with Crippen molar-refractivity contribution in [3.63, 3.8) is 0 Å². The summed E-state index contributed by atoms with van der Waals surface area (Å²) >= 11 is 0. The molecule has 0 aromatic heterocycles. The van der Waals surface area contributed by atoms with Crippen LogP contribution >= 0.6 is 0 Å². The monoisotopic (exact) mass is 455 g/mol. The van der Waals surface area contributed by atoms with E-state index < -0.39 is 0 Å². The SMILES string of the molecule is CCC(C(=O)Nc1ccc(N2CCN(C(=O)Cc3cccc(C)c3)CC2)cc1)c1ccccc1. The molecule has 34 heavy (non-hydrogen) atoms. The number of carbonyl (C=O) groups is 2. The van der Waals surface area contributed by atoms with Crippen LogP contribution in [0.4, 0.5) is 11.4 Å². The third-order valence-electron chi connectivity index (χ3n) is 6.50. The second kappa shape index (κ2) is 11.0. The van der Waals surface area contributed by atoms with Gasteiger partial charge in [0, 0.05) is 37.6 Å². The maximum atomic E-state index is 12.8. The topological polar surface area (TPSA) is 52.7 Å². The van der Waals surface area contributed by atoms with Crippen LogP contribution in [0.5, 0.6) is 0 Å². The predicted octanol–water partition coefficient (Wildman–Crippen LogP) is 5.02. The molecule has 4 rings (SSSR count). The number of benzene rings is 3. The Labute approximate surface area is 202 Å². The third-order valence-corrected chi connectivity index (χ3v) is 6.50. The molecule has 5 heteroatoms. The highest BCUT2D eigenvalue weighted by Gasteiger charge is 2.22. The summed E-state index contributed by atoms with van der Waals surface area (Å²) in [4.78, 5) is 29.8. The summed E-state index contributed by atoms with van der Waals surface area (Å²) in [6, 6.07) is 26.1. The van der Waals surface area contributed by atoms with Crippen molar-refractivity contribution >= 4 is 23.2 Å². The fraction of sp³-hybridized carbons (Fsp3) is 0.310. The number of carbonyl (C=O) groups excluding carboxylic acids is 2. The highest BCUT2D eigenvalue weighted by Crippen LogP contribution is 2.24. The molecule has 0 bridgehead atoms.